The number of para-hydroxylation sites is 1. The first kappa shape index (κ1) is 21.9. The molecule has 0 radical (unpaired) electrons. The smallest absolute Gasteiger partial charge is 0.328 e. The molecule has 2 aromatic heterocycles. The lowest BCUT2D eigenvalue weighted by Crippen LogP contribution is -2.51. The van der Waals surface area contributed by atoms with Crippen LogP contribution < -0.4 is 10.6 Å². The van der Waals surface area contributed by atoms with Gasteiger partial charge in [-0.2, -0.15) is 0 Å². The molecule has 1 fully saturated rings. The molecule has 1 saturated heterocycles. The van der Waals surface area contributed by atoms with E-state index in [0.29, 0.717) is 34.4 Å². The molecule has 1 aliphatic rings. The Balaban J connectivity index is 1.44. The molecular formula is C23H16Cl2N6O3. The van der Waals surface area contributed by atoms with E-state index in [2.05, 4.69) is 20.9 Å². The van der Waals surface area contributed by atoms with Crippen LogP contribution in [0.3, 0.4) is 0 Å². The number of urea groups is 1. The third-order valence-corrected chi connectivity index (χ3v) is 6.20. The van der Waals surface area contributed by atoms with Crippen LogP contribution in [0.15, 0.2) is 60.4 Å². The lowest BCUT2D eigenvalue weighted by molar-refractivity contribution is -0.123. The number of carbonyl (C=O) groups is 3. The molecule has 3 heterocycles. The van der Waals surface area contributed by atoms with Crippen LogP contribution >= 0.6 is 23.2 Å². The summed E-state index contributed by atoms with van der Waals surface area (Å²) in [6.45, 7) is 0.822. The van der Waals surface area contributed by atoms with Crippen molar-refractivity contribution >= 4 is 58.0 Å². The van der Waals surface area contributed by atoms with E-state index in [0.717, 1.165) is 16.5 Å². The molecule has 0 spiro atoms. The number of barbiturate groups is 1. The van der Waals surface area contributed by atoms with Gasteiger partial charge in [-0.15, -0.1) is 5.10 Å². The molecule has 170 valence electrons. The van der Waals surface area contributed by atoms with Gasteiger partial charge in [0.25, 0.3) is 11.8 Å². The number of fused-ring (bicyclic) bond motifs is 1. The molecule has 0 aliphatic carbocycles. The number of rotatable bonds is 5. The highest BCUT2D eigenvalue weighted by molar-refractivity contribution is 6.42. The van der Waals surface area contributed by atoms with E-state index in [1.165, 1.54) is 6.08 Å². The second-order valence-corrected chi connectivity index (χ2v) is 8.43. The van der Waals surface area contributed by atoms with Crippen molar-refractivity contribution in [3.63, 3.8) is 0 Å². The molecular weight excluding hydrogens is 479 g/mol. The van der Waals surface area contributed by atoms with Gasteiger partial charge in [0.05, 0.1) is 29.3 Å². The number of hydrogen-bond donors (Lipinski definition) is 2. The van der Waals surface area contributed by atoms with Crippen molar-refractivity contribution in [2.45, 2.75) is 13.1 Å². The van der Waals surface area contributed by atoms with Gasteiger partial charge in [-0.05, 0) is 23.8 Å². The van der Waals surface area contributed by atoms with Crippen LogP contribution in [0.1, 0.15) is 16.8 Å². The molecule has 2 N–H and O–H groups in total. The molecule has 2 aromatic carbocycles. The average Bonchev–Trinajstić information content (AvgIpc) is 3.39. The molecule has 5 rings (SSSR count). The Morgan fingerprint density at radius 2 is 1.68 bits per heavy atom. The van der Waals surface area contributed by atoms with Crippen LogP contribution in [0, 0.1) is 0 Å². The number of hydrogen-bond acceptors (Lipinski definition) is 5. The molecule has 1 aliphatic heterocycles. The van der Waals surface area contributed by atoms with Crippen LogP contribution in [0.5, 0.6) is 0 Å². The Bertz CT molecular complexity index is 1480. The van der Waals surface area contributed by atoms with Crippen molar-refractivity contribution < 1.29 is 14.4 Å². The lowest BCUT2D eigenvalue weighted by Gasteiger charge is -2.13. The van der Waals surface area contributed by atoms with Gasteiger partial charge in [0.15, 0.2) is 0 Å². The maximum Gasteiger partial charge on any atom is 0.328 e. The number of benzene rings is 2. The van der Waals surface area contributed by atoms with Gasteiger partial charge >= 0.3 is 6.03 Å². The minimum absolute atomic E-state index is 0.146. The molecule has 4 amide bonds. The van der Waals surface area contributed by atoms with Crippen LogP contribution in [0.2, 0.25) is 10.0 Å². The topological polar surface area (TPSA) is 111 Å². The van der Waals surface area contributed by atoms with Gasteiger partial charge in [0.1, 0.15) is 11.3 Å². The summed E-state index contributed by atoms with van der Waals surface area (Å²) in [7, 11) is 0. The van der Waals surface area contributed by atoms with Gasteiger partial charge < -0.3 is 4.57 Å². The number of carbonyl (C=O) groups excluding carboxylic acids is 3. The van der Waals surface area contributed by atoms with Crippen LogP contribution in [0.4, 0.5) is 4.79 Å². The number of aromatic nitrogens is 4. The largest absolute Gasteiger partial charge is 0.341 e. The molecule has 4 aromatic rings. The lowest BCUT2D eigenvalue weighted by atomic mass is 10.1. The van der Waals surface area contributed by atoms with E-state index in [9.17, 15) is 14.4 Å². The third-order valence-electron chi connectivity index (χ3n) is 5.34. The SMILES string of the molecule is O=C1NC(=O)C(=Cc2cn(Cc3cn(Cc4cccc(Cl)c4Cl)nn3)c3ccccc23)C(=O)N1. The van der Waals surface area contributed by atoms with E-state index >= 15 is 0 Å². The quantitative estimate of drug-likeness (QED) is 0.326. The van der Waals surface area contributed by atoms with Gasteiger partial charge in [0, 0.05) is 22.7 Å². The van der Waals surface area contributed by atoms with E-state index in [4.69, 9.17) is 23.2 Å². The minimum atomic E-state index is -0.836. The predicted molar refractivity (Wildman–Crippen MR) is 126 cm³/mol. The number of halogens is 2. The molecule has 0 bridgehead atoms. The van der Waals surface area contributed by atoms with Crippen molar-refractivity contribution in [2.24, 2.45) is 0 Å². The van der Waals surface area contributed by atoms with E-state index in [1.807, 2.05) is 53.4 Å². The van der Waals surface area contributed by atoms with E-state index in [1.54, 1.807) is 10.7 Å². The second-order valence-electron chi connectivity index (χ2n) is 7.65. The van der Waals surface area contributed by atoms with Gasteiger partial charge in [0.2, 0.25) is 0 Å². The Labute approximate surface area is 202 Å². The maximum atomic E-state index is 12.1. The minimum Gasteiger partial charge on any atom is -0.341 e. The summed E-state index contributed by atoms with van der Waals surface area (Å²) >= 11 is 12.4. The monoisotopic (exact) mass is 494 g/mol. The maximum absolute atomic E-state index is 12.1. The van der Waals surface area contributed by atoms with Gasteiger partial charge in [-0.3, -0.25) is 20.2 Å². The first-order valence-corrected chi connectivity index (χ1v) is 10.9. The van der Waals surface area contributed by atoms with Crippen LogP contribution in [-0.2, 0) is 22.7 Å². The highest BCUT2D eigenvalue weighted by Gasteiger charge is 2.28. The fraction of sp³-hybridized carbons (Fsp3) is 0.0870. The zero-order valence-electron chi connectivity index (χ0n) is 17.5. The van der Waals surface area contributed by atoms with Gasteiger partial charge in [-0.1, -0.05) is 58.7 Å². The summed E-state index contributed by atoms with van der Waals surface area (Å²) in [4.78, 5) is 35.6. The molecule has 9 nitrogen and oxygen atoms in total. The average molecular weight is 495 g/mol. The summed E-state index contributed by atoms with van der Waals surface area (Å²) in [5.74, 6) is -1.48. The van der Waals surface area contributed by atoms with Gasteiger partial charge in [-0.25, -0.2) is 9.48 Å². The summed E-state index contributed by atoms with van der Waals surface area (Å²) < 4.78 is 3.63. The molecule has 0 unspecified atom stereocenters. The number of amides is 4. The van der Waals surface area contributed by atoms with Crippen molar-refractivity contribution in [1.29, 1.82) is 0 Å². The number of nitrogens with one attached hydrogen (secondary N) is 2. The summed E-state index contributed by atoms with van der Waals surface area (Å²) in [5, 5.41) is 14.4. The van der Waals surface area contributed by atoms with Crippen molar-refractivity contribution in [1.82, 2.24) is 30.2 Å². The molecule has 0 atom stereocenters. The summed E-state index contributed by atoms with van der Waals surface area (Å²) in [5.41, 5.74) is 2.93. The number of imide groups is 2. The third kappa shape index (κ3) is 4.18. The zero-order chi connectivity index (χ0) is 23.8. The van der Waals surface area contributed by atoms with Crippen LogP contribution in [0.25, 0.3) is 17.0 Å². The highest BCUT2D eigenvalue weighted by Crippen LogP contribution is 2.27. The second kappa shape index (κ2) is 8.77. The fourth-order valence-electron chi connectivity index (χ4n) is 3.79. The normalized spacial score (nSPS) is 13.8. The molecule has 11 heteroatoms. The molecule has 34 heavy (non-hydrogen) atoms. The van der Waals surface area contributed by atoms with Crippen molar-refractivity contribution in [3.05, 3.63) is 87.3 Å². The Kier molecular flexibility index (Phi) is 5.64. The summed E-state index contributed by atoms with van der Waals surface area (Å²) in [6.07, 6.45) is 5.10. The predicted octanol–water partition coefficient (Wildman–Crippen LogP) is 3.39. The Hall–Kier alpha value is -3.95. The summed E-state index contributed by atoms with van der Waals surface area (Å²) in [6, 6.07) is 12.2. The highest BCUT2D eigenvalue weighted by atomic mass is 35.5. The first-order valence-electron chi connectivity index (χ1n) is 10.2. The molecule has 0 saturated carbocycles. The fourth-order valence-corrected chi connectivity index (χ4v) is 4.17. The zero-order valence-corrected chi connectivity index (χ0v) is 19.0. The Morgan fingerprint density at radius 3 is 2.47 bits per heavy atom. The number of nitrogens with zero attached hydrogens (tertiary/aromatic N) is 4. The first-order chi connectivity index (χ1) is 16.4. The van der Waals surface area contributed by atoms with Crippen molar-refractivity contribution in [2.75, 3.05) is 0 Å². The standard InChI is InChI=1S/C23H16Cl2N6O3/c24-18-6-3-4-13(20(18)25)10-31-12-15(28-29-31)11-30-9-14(16-5-1-2-7-19(16)30)8-17-21(32)26-23(34)27-22(17)33/h1-9,12H,10-11H2,(H2,26,27,32,33,34). The van der Waals surface area contributed by atoms with E-state index in [-0.39, 0.29) is 5.57 Å². The van der Waals surface area contributed by atoms with Crippen LogP contribution in [-0.4, -0.2) is 37.4 Å². The van der Waals surface area contributed by atoms with E-state index < -0.39 is 17.8 Å². The van der Waals surface area contributed by atoms with Crippen molar-refractivity contribution in [3.8, 4) is 0 Å². The Morgan fingerprint density at radius 1 is 0.912 bits per heavy atom.